The first-order valence-corrected chi connectivity index (χ1v) is 29.9. The van der Waals surface area contributed by atoms with E-state index in [2.05, 4.69) is 38.9 Å². The lowest BCUT2D eigenvalue weighted by molar-refractivity contribution is -0.646. The largest absolute Gasteiger partial charge is 0.490 e. The number of aliphatic hydroxyl groups excluding tert-OH is 3. The van der Waals surface area contributed by atoms with E-state index in [1.54, 1.807) is 0 Å². The highest BCUT2D eigenvalue weighted by Gasteiger charge is 2.54. The normalized spacial score (nSPS) is 28.9. The highest BCUT2D eigenvalue weighted by atomic mass is 31.3. The van der Waals surface area contributed by atoms with Crippen LogP contribution in [0.3, 0.4) is 0 Å². The molecule has 79 heavy (non-hydrogen) atoms. The summed E-state index contributed by atoms with van der Waals surface area (Å²) in [6, 6.07) is 0.963. The van der Waals surface area contributed by atoms with Crippen molar-refractivity contribution in [1.29, 1.82) is 0 Å². The van der Waals surface area contributed by atoms with Crippen LogP contribution in [0.1, 0.15) is 57.7 Å². The summed E-state index contributed by atoms with van der Waals surface area (Å²) in [7, 11) is -19.0. The number of hydrogen-bond donors (Lipinski definition) is 11. The Morgan fingerprint density at radius 1 is 0.835 bits per heavy atom. The van der Waals surface area contributed by atoms with Crippen molar-refractivity contribution in [3.05, 3.63) is 62.4 Å². The number of rotatable bonds is 25. The number of anilines is 2. The van der Waals surface area contributed by atoms with E-state index in [-0.39, 0.29) is 40.6 Å². The number of amides is 1. The summed E-state index contributed by atoms with van der Waals surface area (Å²) < 4.78 is 107. The Bertz CT molecular complexity index is 3380. The van der Waals surface area contributed by atoms with Crippen molar-refractivity contribution < 1.29 is 98.8 Å². The molecule has 40 heteroatoms. The third kappa shape index (κ3) is 13.5. The molecule has 3 aliphatic heterocycles. The zero-order valence-electron chi connectivity index (χ0n) is 41.9. The van der Waals surface area contributed by atoms with Crippen molar-refractivity contribution in [2.75, 3.05) is 44.9 Å². The van der Waals surface area contributed by atoms with Crippen LogP contribution in [-0.4, -0.2) is 161 Å². The number of phosphoric ester groups is 2. The van der Waals surface area contributed by atoms with Crippen LogP contribution in [0.4, 0.5) is 11.8 Å². The molecule has 4 unspecified atom stereocenters. The molecule has 0 radical (unpaired) electrons. The predicted octanol–water partition coefficient (Wildman–Crippen LogP) is -2.18. The lowest BCUT2D eigenvalue weighted by atomic mass is 9.94. The second-order valence-corrected chi connectivity index (χ2v) is 24.5. The Morgan fingerprint density at radius 3 is 2.19 bits per heavy atom. The lowest BCUT2D eigenvalue weighted by Crippen LogP contribution is -2.37. The van der Waals surface area contributed by atoms with Crippen LogP contribution in [-0.2, 0) is 71.2 Å². The number of nitrogens with one attached hydrogen (secondary N) is 3. The molecule has 436 valence electrons. The third-order valence-corrected chi connectivity index (χ3v) is 18.9. The van der Waals surface area contributed by atoms with Gasteiger partial charge in [0.05, 0.1) is 51.1 Å². The lowest BCUT2D eigenvalue weighted by Gasteiger charge is -2.24. The molecule has 8 rings (SSSR count). The van der Waals surface area contributed by atoms with Gasteiger partial charge in [-0.2, -0.15) is 18.2 Å². The molecule has 16 atom stereocenters. The van der Waals surface area contributed by atoms with Crippen LogP contribution in [0, 0.1) is 5.92 Å². The number of aromatic nitrogens is 10. The van der Waals surface area contributed by atoms with Gasteiger partial charge in [-0.15, -0.1) is 0 Å². The zero-order chi connectivity index (χ0) is 57.3. The molecule has 0 aromatic carbocycles. The van der Waals surface area contributed by atoms with E-state index in [4.69, 9.17) is 44.0 Å². The first-order valence-electron chi connectivity index (χ1n) is 24.0. The molecule has 3 fully saturated rings. The predicted molar refractivity (Wildman–Crippen MR) is 265 cm³/mol. The van der Waals surface area contributed by atoms with Crippen LogP contribution in [0.2, 0.25) is 0 Å². The van der Waals surface area contributed by atoms with Gasteiger partial charge in [0.2, 0.25) is 24.4 Å². The maximum atomic E-state index is 14.2. The van der Waals surface area contributed by atoms with Crippen LogP contribution in [0.15, 0.2) is 45.6 Å². The zero-order valence-corrected chi connectivity index (χ0v) is 45.6. The number of hydrogen-bond acceptors (Lipinski definition) is 26. The molecule has 3 aliphatic rings. The Morgan fingerprint density at radius 2 is 1.51 bits per heavy atom. The molecule has 36 nitrogen and oxygen atoms in total. The van der Waals surface area contributed by atoms with Crippen LogP contribution in [0.25, 0.3) is 22.3 Å². The number of nitrogens with zero attached hydrogens (tertiary/aromatic N) is 8. The second-order valence-electron chi connectivity index (χ2n) is 18.3. The first-order chi connectivity index (χ1) is 37.3. The maximum absolute atomic E-state index is 14.2. The summed E-state index contributed by atoms with van der Waals surface area (Å²) >= 11 is 0. The Labute approximate surface area is 444 Å². The molecular formula is C39H58N13O23P4+. The number of aliphatic hydroxyl groups is 3. The number of carbonyl (C=O) groups excluding carboxylic acids is 1. The van der Waals surface area contributed by atoms with E-state index >= 15 is 0 Å². The van der Waals surface area contributed by atoms with E-state index in [0.717, 1.165) is 42.4 Å². The van der Waals surface area contributed by atoms with Crippen molar-refractivity contribution in [3.63, 3.8) is 0 Å². The number of nitrogens with two attached hydrogens (primary N) is 2. The fourth-order valence-electron chi connectivity index (χ4n) is 9.30. The number of nitrogen functional groups attached to an aromatic ring is 2. The van der Waals surface area contributed by atoms with E-state index in [1.165, 1.54) is 40.5 Å². The minimum atomic E-state index is -6.20. The SMILES string of the molecule is CCCCCCNC(=O)C[C@H]1[C@@H](O)[C@H](n2c[n+](C)c3c(=O)[nH]c(N)nc32)O[C@@H]1COP(=O)(O)OP(=O)(O)OP(=O)(O)OC[C@H]1O[C@@H](n2cnc3c(N)ncnc32)[C@H](OC)[C@@H]1[PH](=O)OC[C@H]1O[C@@H](n2ccc(=O)[nH]c2=O)[C@H](O)[C@@H]1O. The smallest absolute Gasteiger partial charge is 0.387 e. The number of fused-ring (bicyclic) bond motifs is 2. The average molecular weight is 1200 g/mol. The summed E-state index contributed by atoms with van der Waals surface area (Å²) in [5, 5.41) is 35.9. The molecule has 0 spiro atoms. The highest BCUT2D eigenvalue weighted by Crippen LogP contribution is 2.68. The van der Waals surface area contributed by atoms with Gasteiger partial charge in [0.1, 0.15) is 42.4 Å². The number of phosphoric acid groups is 3. The molecular weight excluding hydrogens is 1140 g/mol. The van der Waals surface area contributed by atoms with Gasteiger partial charge in [-0.25, -0.2) is 38.0 Å². The van der Waals surface area contributed by atoms with Gasteiger partial charge in [0.25, 0.3) is 16.7 Å². The molecule has 1 amide bonds. The van der Waals surface area contributed by atoms with E-state index < -0.39 is 153 Å². The van der Waals surface area contributed by atoms with E-state index in [9.17, 15) is 67.4 Å². The Balaban J connectivity index is 0.949. The number of aryl methyl sites for hydroxylation is 1. The monoisotopic (exact) mass is 1200 g/mol. The van der Waals surface area contributed by atoms with Crippen molar-refractivity contribution in [2.24, 2.45) is 13.0 Å². The van der Waals surface area contributed by atoms with Gasteiger partial charge >= 0.3 is 34.7 Å². The molecule has 13 N–H and O–H groups in total. The first kappa shape index (κ1) is 60.1. The van der Waals surface area contributed by atoms with Gasteiger partial charge < -0.3 is 70.3 Å². The van der Waals surface area contributed by atoms with Gasteiger partial charge in [0, 0.05) is 38.3 Å². The summed E-state index contributed by atoms with van der Waals surface area (Å²) in [5.41, 5.74) is 7.98. The van der Waals surface area contributed by atoms with Crippen molar-refractivity contribution in [2.45, 2.75) is 106 Å². The number of methoxy groups -OCH3 is 1. The van der Waals surface area contributed by atoms with Crippen molar-refractivity contribution in [1.82, 2.24) is 48.9 Å². The minimum absolute atomic E-state index is 0.00652. The summed E-state index contributed by atoms with van der Waals surface area (Å²) in [5.74, 6) is -2.12. The number of carbonyl (C=O) groups is 1. The number of ether oxygens (including phenoxy) is 4. The minimum Gasteiger partial charge on any atom is -0.387 e. The number of H-pyrrole nitrogens is 2. The number of aromatic amines is 2. The number of imidazole rings is 2. The molecule has 3 saturated heterocycles. The molecule has 0 saturated carbocycles. The molecule has 0 bridgehead atoms. The third-order valence-electron chi connectivity index (χ3n) is 13.0. The number of unbranched alkanes of at least 4 members (excludes halogenated alkanes) is 3. The van der Waals surface area contributed by atoms with E-state index in [1.807, 2.05) is 11.9 Å². The standard InChI is InChI=1S/C39H57N13O23P4/c1-4-5-6-7-9-42-23(54)11-18-19(71-35(26(18)55)52-17-49(2)25-33(52)47-38(41)48-34(25)58)13-69-77(61,62)74-79(65,66)75-78(63,64)70-14-21-30(29(67-3)37(73-21)51-16-45-24-31(40)43-15-44-32(24)51)76(60)68-12-20-27(56)28(57)36(72-20)50-10-8-22(53)46-39(50)59/h8,10,15-21,26-30,35-37,55-57,76H,4-7,9,11-14H2,1-3H3,(H9-,40,41,42,43,44,46,47,48,53,54,58,59,61,62,63,64,65,66)/p+1/t18-,19-,20-,21-,26-,27-,28-,29-,30-,35-,36-,37-/m1/s1. The van der Waals surface area contributed by atoms with Crippen molar-refractivity contribution in [3.8, 4) is 0 Å². The second kappa shape index (κ2) is 24.6. The Kier molecular flexibility index (Phi) is 18.7. The van der Waals surface area contributed by atoms with Gasteiger partial charge in [-0.05, 0) is 6.42 Å². The van der Waals surface area contributed by atoms with Gasteiger partial charge in [-0.3, -0.25) is 47.1 Å². The van der Waals surface area contributed by atoms with Gasteiger partial charge in [-0.1, -0.05) is 26.2 Å². The summed E-state index contributed by atoms with van der Waals surface area (Å²) in [4.78, 5) is 103. The fourth-order valence-corrected chi connectivity index (χ4v) is 14.4. The van der Waals surface area contributed by atoms with Crippen LogP contribution < -0.4 is 38.2 Å². The molecule has 5 aromatic heterocycles. The highest BCUT2D eigenvalue weighted by molar-refractivity contribution is 7.66. The average Bonchev–Trinajstić information content (AvgIpc) is 4.23. The fraction of sp³-hybridized carbons (Fsp3) is 0.615. The summed E-state index contributed by atoms with van der Waals surface area (Å²) in [6.07, 6.45) is -7.84. The molecule has 0 aliphatic carbocycles. The van der Waals surface area contributed by atoms with E-state index in [0.29, 0.717) is 6.42 Å². The quantitative estimate of drug-likeness (QED) is 0.0168. The van der Waals surface area contributed by atoms with Crippen molar-refractivity contribution >= 4 is 71.5 Å². The summed E-state index contributed by atoms with van der Waals surface area (Å²) in [6.45, 7) is -0.620. The molecule has 8 heterocycles. The van der Waals surface area contributed by atoms with Crippen LogP contribution >= 0.6 is 31.5 Å². The topological polar surface area (TPSA) is 507 Å². The van der Waals surface area contributed by atoms with Crippen LogP contribution in [0.5, 0.6) is 0 Å². The Hall–Kier alpha value is -5.03. The molecule has 5 aromatic rings. The van der Waals surface area contributed by atoms with Gasteiger partial charge in [0.15, 0.2) is 31.9 Å². The maximum Gasteiger partial charge on any atom is 0.490 e.